The molecule has 0 spiro atoms. The zero-order valence-corrected chi connectivity index (χ0v) is 23.7. The third-order valence-electron chi connectivity index (χ3n) is 6.24. The van der Waals surface area contributed by atoms with Gasteiger partial charge in [-0.25, -0.2) is 4.98 Å². The molecule has 1 aromatic heterocycles. The molecule has 0 bridgehead atoms. The van der Waals surface area contributed by atoms with Crippen LogP contribution in [0.3, 0.4) is 0 Å². The van der Waals surface area contributed by atoms with Crippen molar-refractivity contribution in [3.8, 4) is 11.3 Å². The lowest BCUT2D eigenvalue weighted by Gasteiger charge is -2.25. The van der Waals surface area contributed by atoms with Crippen molar-refractivity contribution in [2.45, 2.75) is 58.8 Å². The number of carbonyl (C=O) groups is 2. The molecule has 3 aromatic rings. The molecule has 0 saturated heterocycles. The van der Waals surface area contributed by atoms with Gasteiger partial charge >= 0.3 is 0 Å². The third-order valence-corrected chi connectivity index (χ3v) is 6.24. The number of aliphatic hydroxyl groups excluding tert-OH is 1. The van der Waals surface area contributed by atoms with E-state index in [0.29, 0.717) is 23.2 Å². The summed E-state index contributed by atoms with van der Waals surface area (Å²) in [5, 5.41) is 25.5. The Bertz CT molecular complexity index is 1480. The monoisotopic (exact) mass is 562 g/mol. The molecule has 218 valence electrons. The minimum absolute atomic E-state index is 0.0490. The quantitative estimate of drug-likeness (QED) is 0.0983. The second-order valence-corrected chi connectivity index (χ2v) is 10.7. The van der Waals surface area contributed by atoms with Crippen LogP contribution in [0.15, 0.2) is 53.5 Å². The van der Waals surface area contributed by atoms with Crippen LogP contribution >= 0.6 is 0 Å². The summed E-state index contributed by atoms with van der Waals surface area (Å²) in [4.78, 5) is 43.8. The molecule has 0 aliphatic rings. The van der Waals surface area contributed by atoms with Gasteiger partial charge in [0.1, 0.15) is 12.4 Å². The summed E-state index contributed by atoms with van der Waals surface area (Å²) in [7, 11) is 0. The van der Waals surface area contributed by atoms with E-state index in [1.807, 2.05) is 13.8 Å². The molecule has 1 heterocycles. The van der Waals surface area contributed by atoms with Gasteiger partial charge in [0, 0.05) is 47.1 Å². The van der Waals surface area contributed by atoms with Gasteiger partial charge in [-0.15, -0.1) is 0 Å². The van der Waals surface area contributed by atoms with E-state index in [1.54, 1.807) is 50.2 Å². The average Bonchev–Trinajstić information content (AvgIpc) is 2.89. The Morgan fingerprint density at radius 2 is 1.80 bits per heavy atom. The van der Waals surface area contributed by atoms with Crippen LogP contribution in [0.4, 0.5) is 11.5 Å². The second kappa shape index (κ2) is 13.1. The Balaban J connectivity index is 1.94. The van der Waals surface area contributed by atoms with Crippen LogP contribution in [0.2, 0.25) is 0 Å². The van der Waals surface area contributed by atoms with Gasteiger partial charge in [0.15, 0.2) is 5.82 Å². The van der Waals surface area contributed by atoms with Crippen molar-refractivity contribution >= 4 is 29.2 Å². The minimum atomic E-state index is -0.658. The van der Waals surface area contributed by atoms with Crippen LogP contribution < -0.4 is 33.0 Å². The molecule has 0 aliphatic heterocycles. The van der Waals surface area contributed by atoms with E-state index in [2.05, 4.69) is 20.9 Å². The summed E-state index contributed by atoms with van der Waals surface area (Å²) < 4.78 is 1.29. The van der Waals surface area contributed by atoms with Crippen LogP contribution in [0, 0.1) is 5.41 Å². The molecule has 2 amide bonds. The molecule has 0 aliphatic carbocycles. The number of nitrogen functional groups attached to an aromatic ring is 2. The topological polar surface area (TPSA) is 201 Å². The summed E-state index contributed by atoms with van der Waals surface area (Å²) >= 11 is 0. The molecule has 0 radical (unpaired) electrons. The van der Waals surface area contributed by atoms with E-state index in [0.717, 1.165) is 5.56 Å². The number of aliphatic hydroxyl groups is 1. The fraction of sp³-hybridized carbons (Fsp3) is 0.345. The van der Waals surface area contributed by atoms with Crippen LogP contribution in [0.25, 0.3) is 11.3 Å². The van der Waals surface area contributed by atoms with Crippen LogP contribution in [-0.2, 0) is 17.9 Å². The predicted octanol–water partition coefficient (Wildman–Crippen LogP) is 1.80. The molecule has 0 unspecified atom stereocenters. The maximum Gasteiger partial charge on any atom is 0.294 e. The lowest BCUT2D eigenvalue weighted by Crippen LogP contribution is -2.44. The largest absolute Gasteiger partial charge is 0.399 e. The summed E-state index contributed by atoms with van der Waals surface area (Å²) in [5.74, 6) is -0.778. The van der Waals surface area contributed by atoms with Gasteiger partial charge in [0.25, 0.3) is 11.5 Å². The maximum absolute atomic E-state index is 13.5. The standard InChI is InChI=1S/C29H38N8O4/c1-17(2)35-26-28(41)37(16-24(39)33-14-18-5-7-19(8-6-18)25(31)32)23(15-34-26)20-11-21(13-22(30)12-20)27(40)36-29(3,4)9-10-38/h5-8,11-13,15,17,38H,9-10,14,16,30H2,1-4H3,(H3,31,32)(H,33,39)(H,34,35)(H,36,40). The average molecular weight is 563 g/mol. The molecule has 3 rings (SSSR count). The first kappa shape index (κ1) is 30.8. The molecule has 12 nitrogen and oxygen atoms in total. The van der Waals surface area contributed by atoms with Gasteiger partial charge in [-0.2, -0.15) is 0 Å². The van der Waals surface area contributed by atoms with Crippen LogP contribution in [-0.4, -0.2) is 50.5 Å². The van der Waals surface area contributed by atoms with Gasteiger partial charge in [-0.1, -0.05) is 24.3 Å². The van der Waals surface area contributed by atoms with Gasteiger partial charge in [-0.3, -0.25) is 24.4 Å². The van der Waals surface area contributed by atoms with Crippen molar-refractivity contribution in [1.29, 1.82) is 5.41 Å². The van der Waals surface area contributed by atoms with Crippen molar-refractivity contribution in [3.05, 3.63) is 75.7 Å². The van der Waals surface area contributed by atoms with Crippen molar-refractivity contribution < 1.29 is 14.7 Å². The summed E-state index contributed by atoms with van der Waals surface area (Å²) in [6.07, 6.45) is 1.82. The SMILES string of the molecule is CC(C)Nc1ncc(-c2cc(N)cc(C(=O)NC(C)(C)CCO)c2)n(CC(=O)NCc2ccc(C(=N)N)cc2)c1=O. The Labute approximate surface area is 238 Å². The number of nitrogens with zero attached hydrogens (tertiary/aromatic N) is 2. The van der Waals surface area contributed by atoms with E-state index in [9.17, 15) is 19.5 Å². The number of rotatable bonds is 12. The Kier molecular flexibility index (Phi) is 9.85. The van der Waals surface area contributed by atoms with E-state index >= 15 is 0 Å². The fourth-order valence-electron chi connectivity index (χ4n) is 4.10. The smallest absolute Gasteiger partial charge is 0.294 e. The van der Waals surface area contributed by atoms with Gasteiger partial charge in [-0.05, 0) is 57.9 Å². The highest BCUT2D eigenvalue weighted by Gasteiger charge is 2.22. The zero-order chi connectivity index (χ0) is 30.3. The molecule has 41 heavy (non-hydrogen) atoms. The van der Waals surface area contributed by atoms with Gasteiger partial charge in [0.05, 0.1) is 11.9 Å². The fourth-order valence-corrected chi connectivity index (χ4v) is 4.10. The lowest BCUT2D eigenvalue weighted by molar-refractivity contribution is -0.121. The van der Waals surface area contributed by atoms with Gasteiger partial charge < -0.3 is 32.5 Å². The number of carbonyl (C=O) groups excluding carboxylic acids is 2. The molecule has 0 atom stereocenters. The number of hydrogen-bond donors (Lipinski definition) is 7. The summed E-state index contributed by atoms with van der Waals surface area (Å²) in [5.41, 5.74) is 13.1. The molecular formula is C29H38N8O4. The lowest BCUT2D eigenvalue weighted by atomic mass is 9.99. The van der Waals surface area contributed by atoms with E-state index in [4.69, 9.17) is 16.9 Å². The van der Waals surface area contributed by atoms with Crippen molar-refractivity contribution in [1.82, 2.24) is 20.2 Å². The Morgan fingerprint density at radius 1 is 1.12 bits per heavy atom. The van der Waals surface area contributed by atoms with Crippen molar-refractivity contribution in [2.24, 2.45) is 5.73 Å². The number of amidine groups is 1. The highest BCUT2D eigenvalue weighted by molar-refractivity contribution is 5.97. The number of hydrogen-bond acceptors (Lipinski definition) is 8. The molecule has 0 saturated carbocycles. The molecule has 2 aromatic carbocycles. The maximum atomic E-state index is 13.5. The number of aromatic nitrogens is 2. The highest BCUT2D eigenvalue weighted by Crippen LogP contribution is 2.24. The Morgan fingerprint density at radius 3 is 2.41 bits per heavy atom. The number of benzene rings is 2. The first-order valence-electron chi connectivity index (χ1n) is 13.2. The predicted molar refractivity (Wildman–Crippen MR) is 160 cm³/mol. The molecule has 12 heteroatoms. The highest BCUT2D eigenvalue weighted by atomic mass is 16.3. The molecular weight excluding hydrogens is 524 g/mol. The van der Waals surface area contributed by atoms with E-state index in [1.165, 1.54) is 16.8 Å². The number of nitrogens with one attached hydrogen (secondary N) is 4. The van der Waals surface area contributed by atoms with Crippen LogP contribution in [0.5, 0.6) is 0 Å². The number of anilines is 2. The van der Waals surface area contributed by atoms with Gasteiger partial charge in [0.2, 0.25) is 5.91 Å². The summed E-state index contributed by atoms with van der Waals surface area (Å²) in [6.45, 7) is 7.13. The van der Waals surface area contributed by atoms with Crippen molar-refractivity contribution in [2.75, 3.05) is 17.7 Å². The number of nitrogens with two attached hydrogens (primary N) is 2. The zero-order valence-electron chi connectivity index (χ0n) is 23.7. The second-order valence-electron chi connectivity index (χ2n) is 10.7. The first-order valence-corrected chi connectivity index (χ1v) is 13.2. The Hall–Kier alpha value is -4.71. The normalized spacial score (nSPS) is 11.3. The van der Waals surface area contributed by atoms with E-state index in [-0.39, 0.29) is 48.6 Å². The van der Waals surface area contributed by atoms with Crippen molar-refractivity contribution in [3.63, 3.8) is 0 Å². The first-order chi connectivity index (χ1) is 19.3. The minimum Gasteiger partial charge on any atom is -0.399 e. The van der Waals surface area contributed by atoms with E-state index < -0.39 is 22.9 Å². The summed E-state index contributed by atoms with van der Waals surface area (Å²) in [6, 6.07) is 11.5. The van der Waals surface area contributed by atoms with Crippen LogP contribution in [0.1, 0.15) is 55.6 Å². The molecule has 0 fully saturated rings. The number of amides is 2. The molecule has 9 N–H and O–H groups in total. The third kappa shape index (κ3) is 8.39.